The van der Waals surface area contributed by atoms with Gasteiger partial charge >= 0.3 is 11.9 Å². The van der Waals surface area contributed by atoms with Crippen LogP contribution in [-0.2, 0) is 20.8 Å². The predicted molar refractivity (Wildman–Crippen MR) is 129 cm³/mol. The van der Waals surface area contributed by atoms with Crippen molar-refractivity contribution in [1.29, 1.82) is 0 Å². The molecule has 11 heteroatoms. The zero-order valence-electron chi connectivity index (χ0n) is 18.6. The van der Waals surface area contributed by atoms with E-state index in [1.54, 1.807) is 6.92 Å². The van der Waals surface area contributed by atoms with Crippen LogP contribution in [0.5, 0.6) is 0 Å². The molecule has 1 aromatic heterocycles. The van der Waals surface area contributed by atoms with Crippen molar-refractivity contribution in [3.63, 3.8) is 0 Å². The van der Waals surface area contributed by atoms with Crippen molar-refractivity contribution >= 4 is 57.4 Å². The van der Waals surface area contributed by atoms with Gasteiger partial charge in [0, 0.05) is 48.3 Å². The van der Waals surface area contributed by atoms with E-state index >= 15 is 0 Å². The van der Waals surface area contributed by atoms with Crippen molar-refractivity contribution in [2.45, 2.75) is 13.5 Å². The summed E-state index contributed by atoms with van der Waals surface area (Å²) >= 11 is 13.5. The van der Waals surface area contributed by atoms with Gasteiger partial charge in [0.1, 0.15) is 9.88 Å². The molecule has 1 aromatic carbocycles. The van der Waals surface area contributed by atoms with Crippen LogP contribution in [0.4, 0.5) is 5.00 Å². The highest BCUT2D eigenvalue weighted by Crippen LogP contribution is 2.34. The quantitative estimate of drug-likeness (QED) is 0.564. The number of methoxy groups -OCH3 is 2. The fourth-order valence-corrected chi connectivity index (χ4v) is 5.26. The van der Waals surface area contributed by atoms with Crippen molar-refractivity contribution in [2.24, 2.45) is 0 Å². The van der Waals surface area contributed by atoms with E-state index in [-0.39, 0.29) is 27.9 Å². The van der Waals surface area contributed by atoms with Crippen LogP contribution >= 0.6 is 34.5 Å². The molecule has 0 aliphatic carbocycles. The lowest BCUT2D eigenvalue weighted by molar-refractivity contribution is -0.117. The Balaban J connectivity index is 1.60. The number of hydrogen-bond acceptors (Lipinski definition) is 8. The second-order valence-electron chi connectivity index (χ2n) is 7.54. The molecule has 0 radical (unpaired) electrons. The third kappa shape index (κ3) is 6.04. The van der Waals surface area contributed by atoms with Gasteiger partial charge in [0.25, 0.3) is 0 Å². The summed E-state index contributed by atoms with van der Waals surface area (Å²) in [7, 11) is 2.51. The number of carbonyl (C=O) groups excluding carboxylic acids is 3. The Kier molecular flexibility index (Phi) is 8.72. The van der Waals surface area contributed by atoms with Crippen molar-refractivity contribution in [2.75, 3.05) is 52.3 Å². The van der Waals surface area contributed by atoms with E-state index in [2.05, 4.69) is 10.2 Å². The molecule has 2 aromatic rings. The van der Waals surface area contributed by atoms with Gasteiger partial charge in [0.2, 0.25) is 5.91 Å². The lowest BCUT2D eigenvalue weighted by atomic mass is 10.1. The van der Waals surface area contributed by atoms with Crippen LogP contribution in [0.2, 0.25) is 10.0 Å². The Morgan fingerprint density at radius 2 is 1.58 bits per heavy atom. The smallest absolute Gasteiger partial charge is 0.348 e. The predicted octanol–water partition coefficient (Wildman–Crippen LogP) is 3.69. The summed E-state index contributed by atoms with van der Waals surface area (Å²) in [5, 5.41) is 4.32. The first kappa shape index (κ1) is 25.5. The van der Waals surface area contributed by atoms with Gasteiger partial charge in [-0.2, -0.15) is 0 Å². The number of benzene rings is 1. The van der Waals surface area contributed by atoms with E-state index in [1.165, 1.54) is 14.2 Å². The fourth-order valence-electron chi connectivity index (χ4n) is 3.62. The number of amides is 1. The minimum absolute atomic E-state index is 0.159. The van der Waals surface area contributed by atoms with Crippen LogP contribution in [0, 0.1) is 6.92 Å². The minimum atomic E-state index is -0.624. The number of thiophene rings is 1. The average molecular weight is 514 g/mol. The summed E-state index contributed by atoms with van der Waals surface area (Å²) in [5.74, 6) is -1.47. The maximum Gasteiger partial charge on any atom is 0.348 e. The van der Waals surface area contributed by atoms with Gasteiger partial charge in [-0.25, -0.2) is 9.59 Å². The second-order valence-corrected chi connectivity index (χ2v) is 9.38. The molecule has 0 saturated carbocycles. The Morgan fingerprint density at radius 3 is 2.15 bits per heavy atom. The molecule has 1 aliphatic rings. The molecular formula is C22H25Cl2N3O5S. The minimum Gasteiger partial charge on any atom is -0.465 e. The van der Waals surface area contributed by atoms with Crippen LogP contribution < -0.4 is 5.32 Å². The molecule has 2 heterocycles. The van der Waals surface area contributed by atoms with E-state index in [9.17, 15) is 14.4 Å². The molecule has 1 fully saturated rings. The highest BCUT2D eigenvalue weighted by atomic mass is 35.5. The van der Waals surface area contributed by atoms with E-state index in [1.807, 2.05) is 23.1 Å². The number of esters is 2. The maximum absolute atomic E-state index is 12.7. The molecule has 3 rings (SSSR count). The normalized spacial score (nSPS) is 14.7. The van der Waals surface area contributed by atoms with Gasteiger partial charge in [-0.05, 0) is 24.6 Å². The number of nitrogens with zero attached hydrogens (tertiary/aromatic N) is 2. The largest absolute Gasteiger partial charge is 0.465 e. The van der Waals surface area contributed by atoms with E-state index < -0.39 is 11.9 Å². The summed E-state index contributed by atoms with van der Waals surface area (Å²) < 4.78 is 9.59. The topological polar surface area (TPSA) is 88.2 Å². The Bertz CT molecular complexity index is 1030. The average Bonchev–Trinajstić information content (AvgIpc) is 3.11. The molecule has 1 N–H and O–H groups in total. The van der Waals surface area contributed by atoms with Gasteiger partial charge in [0.05, 0.1) is 26.3 Å². The first-order valence-corrected chi connectivity index (χ1v) is 11.8. The molecular weight excluding hydrogens is 489 g/mol. The summed E-state index contributed by atoms with van der Waals surface area (Å²) in [6.07, 6.45) is 0. The molecule has 0 unspecified atom stereocenters. The lowest BCUT2D eigenvalue weighted by Crippen LogP contribution is -2.48. The van der Waals surface area contributed by atoms with Crippen molar-refractivity contribution in [1.82, 2.24) is 9.80 Å². The summed E-state index contributed by atoms with van der Waals surface area (Å²) in [5.41, 5.74) is 1.48. The molecule has 8 nitrogen and oxygen atoms in total. The molecule has 0 atom stereocenters. The number of anilines is 1. The van der Waals surface area contributed by atoms with Gasteiger partial charge in [-0.3, -0.25) is 14.6 Å². The van der Waals surface area contributed by atoms with Crippen LogP contribution in [0.1, 0.15) is 31.2 Å². The van der Waals surface area contributed by atoms with Gasteiger partial charge in [0.15, 0.2) is 0 Å². The number of hydrogen-bond donors (Lipinski definition) is 1. The third-order valence-corrected chi connectivity index (χ3v) is 7.33. The molecule has 178 valence electrons. The molecule has 1 saturated heterocycles. The zero-order chi connectivity index (χ0) is 24.1. The van der Waals surface area contributed by atoms with Crippen LogP contribution in [-0.4, -0.2) is 74.6 Å². The van der Waals surface area contributed by atoms with Gasteiger partial charge in [-0.15, -0.1) is 11.3 Å². The number of ether oxygens (including phenoxy) is 2. The van der Waals surface area contributed by atoms with E-state index in [0.717, 1.165) is 30.0 Å². The molecule has 1 amide bonds. The second kappa shape index (κ2) is 11.3. The molecule has 33 heavy (non-hydrogen) atoms. The van der Waals surface area contributed by atoms with Crippen molar-refractivity contribution in [3.8, 4) is 0 Å². The molecule has 0 spiro atoms. The van der Waals surface area contributed by atoms with Crippen LogP contribution in [0.3, 0.4) is 0 Å². The lowest BCUT2D eigenvalue weighted by Gasteiger charge is -2.34. The highest BCUT2D eigenvalue weighted by molar-refractivity contribution is 7.18. The molecule has 0 bridgehead atoms. The zero-order valence-corrected chi connectivity index (χ0v) is 20.9. The first-order valence-electron chi connectivity index (χ1n) is 10.2. The van der Waals surface area contributed by atoms with Crippen LogP contribution in [0.15, 0.2) is 18.2 Å². The maximum atomic E-state index is 12.7. The highest BCUT2D eigenvalue weighted by Gasteiger charge is 2.27. The Hall–Kier alpha value is -2.17. The van der Waals surface area contributed by atoms with Crippen molar-refractivity contribution in [3.05, 3.63) is 49.8 Å². The third-order valence-electron chi connectivity index (χ3n) is 5.44. The summed E-state index contributed by atoms with van der Waals surface area (Å²) in [4.78, 5) is 41.5. The summed E-state index contributed by atoms with van der Waals surface area (Å²) in [6, 6.07) is 5.47. The molecule has 1 aliphatic heterocycles. The fraction of sp³-hybridized carbons (Fsp3) is 0.409. The number of halogens is 2. The van der Waals surface area contributed by atoms with Gasteiger partial charge in [-0.1, -0.05) is 29.3 Å². The summed E-state index contributed by atoms with van der Waals surface area (Å²) in [6.45, 7) is 5.32. The number of rotatable bonds is 7. The Morgan fingerprint density at radius 1 is 1.00 bits per heavy atom. The van der Waals surface area contributed by atoms with Crippen molar-refractivity contribution < 1.29 is 23.9 Å². The number of piperazine rings is 1. The Labute approximate surface area is 206 Å². The van der Waals surface area contributed by atoms with Crippen LogP contribution in [0.25, 0.3) is 0 Å². The first-order chi connectivity index (χ1) is 15.7. The number of nitrogens with one attached hydrogen (secondary N) is 1. The van der Waals surface area contributed by atoms with E-state index in [4.69, 9.17) is 32.7 Å². The van der Waals surface area contributed by atoms with E-state index in [0.29, 0.717) is 35.2 Å². The van der Waals surface area contributed by atoms with Gasteiger partial charge < -0.3 is 14.8 Å². The SMILES string of the molecule is COC(=O)c1sc(NC(=O)CN2CCN(Cc3c(Cl)cccc3Cl)CC2)c(C(=O)OC)c1C. The number of carbonyl (C=O) groups is 3. The standard InChI is InChI=1S/C22H25Cl2N3O5S/c1-13-18(21(29)31-2)20(33-19(13)22(30)32-3)25-17(28)12-27-9-7-26(8-10-27)11-14-15(23)5-4-6-16(14)24/h4-6H,7-12H2,1-3H3,(H,25,28). The monoisotopic (exact) mass is 513 g/mol.